The summed E-state index contributed by atoms with van der Waals surface area (Å²) in [5, 5.41) is 0. The van der Waals surface area contributed by atoms with E-state index in [4.69, 9.17) is 0 Å². The van der Waals surface area contributed by atoms with Crippen molar-refractivity contribution in [3.63, 3.8) is 0 Å². The molecule has 0 heterocycles. The second-order valence-corrected chi connectivity index (χ2v) is 4.43. The monoisotopic (exact) mass is 218 g/mol. The van der Waals surface area contributed by atoms with Gasteiger partial charge in [-0.25, -0.2) is 0 Å². The largest absolute Gasteiger partial charge is 0.295 e. The maximum atomic E-state index is 11.3. The van der Waals surface area contributed by atoms with Crippen molar-refractivity contribution < 1.29 is 4.79 Å². The molecule has 0 aromatic rings. The zero-order valence-corrected chi connectivity index (χ0v) is 10.0. The van der Waals surface area contributed by atoms with Crippen molar-refractivity contribution in [3.05, 3.63) is 37.0 Å². The summed E-state index contributed by atoms with van der Waals surface area (Å²) in [6.07, 6.45) is 17.7. The van der Waals surface area contributed by atoms with Crippen LogP contribution in [0.5, 0.6) is 0 Å². The number of unbranched alkanes of at least 4 members (excludes halogenated alkanes) is 1. The molecule has 0 saturated heterocycles. The standard InChI is InChI=1S/C15H22O/c1-2-3-4-5-6-9-14-10-7-8-11-15(16)13-12-14/h2-4,12-14H,1,5-11H2/b4-3+,13-12-. The zero-order chi connectivity index (χ0) is 11.6. The maximum absolute atomic E-state index is 11.3. The fourth-order valence-electron chi connectivity index (χ4n) is 2.06. The Balaban J connectivity index is 2.26. The Kier molecular flexibility index (Phi) is 6.55. The minimum absolute atomic E-state index is 0.302. The molecular formula is C15H22O. The van der Waals surface area contributed by atoms with Gasteiger partial charge in [0.1, 0.15) is 0 Å². The van der Waals surface area contributed by atoms with E-state index in [0.29, 0.717) is 11.7 Å². The fraction of sp³-hybridized carbons (Fsp3) is 0.533. The maximum Gasteiger partial charge on any atom is 0.155 e. The van der Waals surface area contributed by atoms with E-state index in [1.54, 1.807) is 6.08 Å². The van der Waals surface area contributed by atoms with Crippen molar-refractivity contribution in [2.75, 3.05) is 0 Å². The average molecular weight is 218 g/mol. The lowest BCUT2D eigenvalue weighted by atomic mass is 9.92. The molecule has 0 bridgehead atoms. The van der Waals surface area contributed by atoms with Crippen LogP contribution in [0.15, 0.2) is 37.0 Å². The third-order valence-corrected chi connectivity index (χ3v) is 3.02. The van der Waals surface area contributed by atoms with Crippen LogP contribution in [0.2, 0.25) is 0 Å². The first kappa shape index (κ1) is 13.0. The molecule has 0 aromatic carbocycles. The van der Waals surface area contributed by atoms with Gasteiger partial charge in [-0.15, -0.1) is 0 Å². The lowest BCUT2D eigenvalue weighted by Gasteiger charge is -2.13. The lowest BCUT2D eigenvalue weighted by Crippen LogP contribution is -2.03. The molecule has 0 saturated carbocycles. The third-order valence-electron chi connectivity index (χ3n) is 3.02. The summed E-state index contributed by atoms with van der Waals surface area (Å²) < 4.78 is 0. The smallest absolute Gasteiger partial charge is 0.155 e. The number of rotatable bonds is 5. The second-order valence-electron chi connectivity index (χ2n) is 4.43. The van der Waals surface area contributed by atoms with E-state index in [1.807, 2.05) is 12.2 Å². The first-order valence-electron chi connectivity index (χ1n) is 6.31. The van der Waals surface area contributed by atoms with Crippen molar-refractivity contribution in [1.82, 2.24) is 0 Å². The van der Waals surface area contributed by atoms with Crippen molar-refractivity contribution in [2.24, 2.45) is 5.92 Å². The number of hydrogen-bond donors (Lipinski definition) is 0. The molecule has 1 aliphatic carbocycles. The highest BCUT2D eigenvalue weighted by Gasteiger charge is 2.08. The molecule has 16 heavy (non-hydrogen) atoms. The van der Waals surface area contributed by atoms with Gasteiger partial charge < -0.3 is 0 Å². The van der Waals surface area contributed by atoms with Gasteiger partial charge in [0.25, 0.3) is 0 Å². The molecule has 0 aromatic heterocycles. The second kappa shape index (κ2) is 8.09. The fourth-order valence-corrected chi connectivity index (χ4v) is 2.06. The molecule has 0 amide bonds. The van der Waals surface area contributed by atoms with Crippen molar-refractivity contribution in [3.8, 4) is 0 Å². The zero-order valence-electron chi connectivity index (χ0n) is 10.0. The first-order valence-corrected chi connectivity index (χ1v) is 6.31. The number of carbonyl (C=O) groups excluding carboxylic acids is 1. The highest BCUT2D eigenvalue weighted by atomic mass is 16.1. The predicted octanol–water partition coefficient (Wildman–Crippen LogP) is 4.21. The first-order chi connectivity index (χ1) is 7.83. The summed E-state index contributed by atoms with van der Waals surface area (Å²) in [5.41, 5.74) is 0. The van der Waals surface area contributed by atoms with E-state index in [1.165, 1.54) is 25.7 Å². The Labute approximate surface area is 98.9 Å². The molecule has 1 unspecified atom stereocenters. The molecule has 1 aliphatic rings. The summed E-state index contributed by atoms with van der Waals surface area (Å²) >= 11 is 0. The van der Waals surface area contributed by atoms with Crippen LogP contribution in [0.1, 0.15) is 44.9 Å². The topological polar surface area (TPSA) is 17.1 Å². The van der Waals surface area contributed by atoms with Crippen LogP contribution in [0.4, 0.5) is 0 Å². The van der Waals surface area contributed by atoms with Crippen LogP contribution in [-0.2, 0) is 4.79 Å². The molecule has 1 atom stereocenters. The van der Waals surface area contributed by atoms with Crippen molar-refractivity contribution in [2.45, 2.75) is 44.9 Å². The molecule has 1 rings (SSSR count). The van der Waals surface area contributed by atoms with Crippen LogP contribution in [-0.4, -0.2) is 5.78 Å². The molecular weight excluding hydrogens is 196 g/mol. The highest BCUT2D eigenvalue weighted by molar-refractivity contribution is 5.89. The van der Waals surface area contributed by atoms with Gasteiger partial charge in [0.05, 0.1) is 0 Å². The van der Waals surface area contributed by atoms with Gasteiger partial charge in [-0.2, -0.15) is 0 Å². The summed E-state index contributed by atoms with van der Waals surface area (Å²) in [6.45, 7) is 3.64. The normalized spacial score (nSPS) is 24.0. The molecule has 0 spiro atoms. The van der Waals surface area contributed by atoms with Gasteiger partial charge in [0, 0.05) is 6.42 Å². The van der Waals surface area contributed by atoms with E-state index in [-0.39, 0.29) is 0 Å². The SMILES string of the molecule is C=C/C=C/CCCC1/C=C\C(=O)CCCC1. The van der Waals surface area contributed by atoms with E-state index < -0.39 is 0 Å². The van der Waals surface area contributed by atoms with Crippen LogP contribution in [0.25, 0.3) is 0 Å². The van der Waals surface area contributed by atoms with E-state index >= 15 is 0 Å². The van der Waals surface area contributed by atoms with Gasteiger partial charge in [0.2, 0.25) is 0 Å². The minimum Gasteiger partial charge on any atom is -0.295 e. The third kappa shape index (κ3) is 5.69. The van der Waals surface area contributed by atoms with Gasteiger partial charge in [-0.3, -0.25) is 4.79 Å². The van der Waals surface area contributed by atoms with Gasteiger partial charge in [-0.1, -0.05) is 37.3 Å². The molecule has 88 valence electrons. The molecule has 0 aliphatic heterocycles. The van der Waals surface area contributed by atoms with Gasteiger partial charge in [-0.05, 0) is 44.1 Å². The Hall–Kier alpha value is -1.11. The molecule has 1 nitrogen and oxygen atoms in total. The summed E-state index contributed by atoms with van der Waals surface area (Å²) in [6, 6.07) is 0. The van der Waals surface area contributed by atoms with Crippen LogP contribution in [0.3, 0.4) is 0 Å². The Morgan fingerprint density at radius 1 is 1.44 bits per heavy atom. The molecule has 0 radical (unpaired) electrons. The van der Waals surface area contributed by atoms with E-state index in [2.05, 4.69) is 18.7 Å². The Morgan fingerprint density at radius 2 is 2.31 bits per heavy atom. The van der Waals surface area contributed by atoms with Crippen LogP contribution >= 0.6 is 0 Å². The highest BCUT2D eigenvalue weighted by Crippen LogP contribution is 2.20. The average Bonchev–Trinajstić information content (AvgIpc) is 2.27. The number of ketones is 1. The van der Waals surface area contributed by atoms with Crippen LogP contribution < -0.4 is 0 Å². The number of hydrogen-bond acceptors (Lipinski definition) is 1. The summed E-state index contributed by atoms with van der Waals surface area (Å²) in [5.74, 6) is 0.914. The van der Waals surface area contributed by atoms with Crippen LogP contribution in [0, 0.1) is 5.92 Å². The van der Waals surface area contributed by atoms with Gasteiger partial charge in [0.15, 0.2) is 5.78 Å². The Morgan fingerprint density at radius 3 is 3.12 bits per heavy atom. The number of allylic oxidation sites excluding steroid dienone is 5. The quantitative estimate of drug-likeness (QED) is 0.499. The summed E-state index contributed by atoms with van der Waals surface area (Å²) in [7, 11) is 0. The molecule has 0 fully saturated rings. The van der Waals surface area contributed by atoms with E-state index in [9.17, 15) is 4.79 Å². The number of carbonyl (C=O) groups is 1. The minimum atomic E-state index is 0.302. The lowest BCUT2D eigenvalue weighted by molar-refractivity contribution is -0.114. The predicted molar refractivity (Wildman–Crippen MR) is 69.3 cm³/mol. The summed E-state index contributed by atoms with van der Waals surface area (Å²) in [4.78, 5) is 11.3. The van der Waals surface area contributed by atoms with Crippen molar-refractivity contribution >= 4 is 5.78 Å². The molecule has 0 N–H and O–H groups in total. The van der Waals surface area contributed by atoms with E-state index in [0.717, 1.165) is 19.3 Å². The van der Waals surface area contributed by atoms with Gasteiger partial charge >= 0.3 is 0 Å². The molecule has 1 heteroatoms. The Bertz CT molecular complexity index is 273. The van der Waals surface area contributed by atoms with Crippen molar-refractivity contribution in [1.29, 1.82) is 0 Å².